The van der Waals surface area contributed by atoms with Gasteiger partial charge in [0.05, 0.1) is 11.4 Å². The molecule has 1 aromatic heterocycles. The summed E-state index contributed by atoms with van der Waals surface area (Å²) in [6, 6.07) is 9.94. The molecule has 1 aromatic carbocycles. The van der Waals surface area contributed by atoms with Gasteiger partial charge in [-0.15, -0.1) is 5.10 Å². The van der Waals surface area contributed by atoms with E-state index < -0.39 is 0 Å². The number of aryl methyl sites for hydroxylation is 1. The zero-order valence-corrected chi connectivity index (χ0v) is 16.2. The van der Waals surface area contributed by atoms with E-state index in [0.29, 0.717) is 16.8 Å². The van der Waals surface area contributed by atoms with Gasteiger partial charge in [0.25, 0.3) is 5.91 Å². The van der Waals surface area contributed by atoms with Gasteiger partial charge in [0.2, 0.25) is 0 Å². The lowest BCUT2D eigenvalue weighted by atomic mass is 9.48. The minimum Gasteiger partial charge on any atom is -0.348 e. The normalized spacial score (nSPS) is 32.4. The van der Waals surface area contributed by atoms with Crippen molar-refractivity contribution in [1.82, 2.24) is 20.3 Å². The third-order valence-electron chi connectivity index (χ3n) is 7.34. The van der Waals surface area contributed by atoms with Crippen molar-refractivity contribution in [2.24, 2.45) is 23.2 Å². The molecule has 1 unspecified atom stereocenters. The molecule has 0 saturated heterocycles. The Hall–Kier alpha value is -2.17. The molecule has 5 heteroatoms. The third-order valence-corrected chi connectivity index (χ3v) is 7.34. The second kappa shape index (κ2) is 6.18. The molecule has 1 atom stereocenters. The van der Waals surface area contributed by atoms with Gasteiger partial charge in [0, 0.05) is 6.04 Å². The maximum Gasteiger partial charge on any atom is 0.273 e. The van der Waals surface area contributed by atoms with Crippen LogP contribution in [0, 0.1) is 30.1 Å². The largest absolute Gasteiger partial charge is 0.348 e. The van der Waals surface area contributed by atoms with E-state index in [1.807, 2.05) is 37.3 Å². The highest BCUT2D eigenvalue weighted by molar-refractivity contribution is 5.93. The number of hydrogen-bond donors (Lipinski definition) is 1. The van der Waals surface area contributed by atoms with Crippen LogP contribution in [0.1, 0.15) is 61.6 Å². The Balaban J connectivity index is 1.34. The van der Waals surface area contributed by atoms with Crippen molar-refractivity contribution < 1.29 is 4.79 Å². The first-order valence-electron chi connectivity index (χ1n) is 10.3. The SMILES string of the molecule is Cc1nn(-c2ccccc2)nc1C(=O)NC(C)C12CC3CC(CC(C3)C1)C2. The molecule has 0 aliphatic heterocycles. The van der Waals surface area contributed by atoms with E-state index in [1.165, 1.54) is 38.5 Å². The molecule has 1 heterocycles. The van der Waals surface area contributed by atoms with Crippen LogP contribution < -0.4 is 5.32 Å². The average Bonchev–Trinajstić information content (AvgIpc) is 3.03. The number of para-hydroxylation sites is 1. The monoisotopic (exact) mass is 364 g/mol. The summed E-state index contributed by atoms with van der Waals surface area (Å²) in [6.07, 6.45) is 8.13. The number of nitrogens with zero attached hydrogens (tertiary/aromatic N) is 3. The lowest BCUT2D eigenvalue weighted by molar-refractivity contribution is -0.0688. The second-order valence-corrected chi connectivity index (χ2v) is 9.23. The molecule has 27 heavy (non-hydrogen) atoms. The molecule has 1 amide bonds. The van der Waals surface area contributed by atoms with Gasteiger partial charge in [0.1, 0.15) is 0 Å². The molecule has 0 radical (unpaired) electrons. The van der Waals surface area contributed by atoms with Crippen molar-refractivity contribution in [3.63, 3.8) is 0 Å². The average molecular weight is 364 g/mol. The molecule has 4 aliphatic rings. The molecular weight excluding hydrogens is 336 g/mol. The Kier molecular flexibility index (Phi) is 3.88. The first-order chi connectivity index (χ1) is 13.0. The lowest BCUT2D eigenvalue weighted by Crippen LogP contribution is -2.55. The number of carbonyl (C=O) groups is 1. The van der Waals surface area contributed by atoms with Crippen molar-refractivity contribution in [1.29, 1.82) is 0 Å². The van der Waals surface area contributed by atoms with Crippen molar-refractivity contribution >= 4 is 5.91 Å². The highest BCUT2D eigenvalue weighted by Crippen LogP contribution is 2.61. The predicted molar refractivity (Wildman–Crippen MR) is 104 cm³/mol. The highest BCUT2D eigenvalue weighted by Gasteiger charge is 2.53. The molecule has 5 nitrogen and oxygen atoms in total. The molecular formula is C22H28N4O. The maximum atomic E-state index is 13.0. The van der Waals surface area contributed by atoms with Crippen molar-refractivity contribution in [2.75, 3.05) is 0 Å². The summed E-state index contributed by atoms with van der Waals surface area (Å²) in [5, 5.41) is 12.2. The Morgan fingerprint density at radius 2 is 1.67 bits per heavy atom. The third kappa shape index (κ3) is 2.88. The van der Waals surface area contributed by atoms with Crippen LogP contribution >= 0.6 is 0 Å². The van der Waals surface area contributed by atoms with Gasteiger partial charge >= 0.3 is 0 Å². The summed E-state index contributed by atoms with van der Waals surface area (Å²) in [5.74, 6) is 2.57. The summed E-state index contributed by atoms with van der Waals surface area (Å²) in [6.45, 7) is 4.07. The number of rotatable bonds is 4. The van der Waals surface area contributed by atoms with Crippen molar-refractivity contribution in [3.05, 3.63) is 41.7 Å². The minimum absolute atomic E-state index is 0.0853. The number of nitrogens with one attached hydrogen (secondary N) is 1. The maximum absolute atomic E-state index is 13.0. The van der Waals surface area contributed by atoms with Crippen LogP contribution in [0.2, 0.25) is 0 Å². The van der Waals surface area contributed by atoms with E-state index in [0.717, 1.165) is 23.4 Å². The van der Waals surface area contributed by atoms with E-state index >= 15 is 0 Å². The van der Waals surface area contributed by atoms with Gasteiger partial charge in [-0.25, -0.2) is 0 Å². The number of carbonyl (C=O) groups excluding carboxylic acids is 1. The van der Waals surface area contributed by atoms with Gasteiger partial charge in [0.15, 0.2) is 5.69 Å². The van der Waals surface area contributed by atoms with Crippen molar-refractivity contribution in [2.45, 2.75) is 58.4 Å². The van der Waals surface area contributed by atoms with Crippen LogP contribution in [-0.2, 0) is 0 Å². The summed E-state index contributed by atoms with van der Waals surface area (Å²) < 4.78 is 0. The Morgan fingerprint density at radius 1 is 1.07 bits per heavy atom. The molecule has 4 aliphatic carbocycles. The van der Waals surface area contributed by atoms with E-state index in [-0.39, 0.29) is 11.9 Å². The summed E-state index contributed by atoms with van der Waals surface area (Å²) in [4.78, 5) is 14.5. The Morgan fingerprint density at radius 3 is 2.26 bits per heavy atom. The number of hydrogen-bond acceptors (Lipinski definition) is 3. The number of amides is 1. The van der Waals surface area contributed by atoms with Crippen LogP contribution in [0.15, 0.2) is 30.3 Å². The molecule has 6 rings (SSSR count). The Labute approximate surface area is 160 Å². The minimum atomic E-state index is -0.0853. The van der Waals surface area contributed by atoms with Crippen LogP contribution in [-0.4, -0.2) is 26.9 Å². The lowest BCUT2D eigenvalue weighted by Gasteiger charge is -2.59. The molecule has 4 fully saturated rings. The van der Waals surface area contributed by atoms with Crippen LogP contribution in [0.3, 0.4) is 0 Å². The summed E-state index contributed by atoms with van der Waals surface area (Å²) in [7, 11) is 0. The fraction of sp³-hybridized carbons (Fsp3) is 0.591. The summed E-state index contributed by atoms with van der Waals surface area (Å²) >= 11 is 0. The van der Waals surface area contributed by atoms with E-state index in [9.17, 15) is 4.79 Å². The highest BCUT2D eigenvalue weighted by atomic mass is 16.2. The van der Waals surface area contributed by atoms with E-state index in [2.05, 4.69) is 22.4 Å². The zero-order chi connectivity index (χ0) is 18.6. The zero-order valence-electron chi connectivity index (χ0n) is 16.2. The van der Waals surface area contributed by atoms with Gasteiger partial charge in [-0.2, -0.15) is 9.90 Å². The quantitative estimate of drug-likeness (QED) is 0.895. The standard InChI is InChI=1S/C22H28N4O/c1-14-20(25-26(24-14)19-6-4-3-5-7-19)21(27)23-15(2)22-11-16-8-17(12-22)10-18(9-16)13-22/h3-7,15-18H,8-13H2,1-2H3,(H,23,27). The van der Waals surface area contributed by atoms with E-state index in [4.69, 9.17) is 0 Å². The van der Waals surface area contributed by atoms with Gasteiger partial charge in [-0.3, -0.25) is 4.79 Å². The fourth-order valence-corrected chi connectivity index (χ4v) is 6.39. The van der Waals surface area contributed by atoms with Crippen LogP contribution in [0.5, 0.6) is 0 Å². The van der Waals surface area contributed by atoms with Crippen molar-refractivity contribution in [3.8, 4) is 5.69 Å². The van der Waals surface area contributed by atoms with E-state index in [1.54, 1.807) is 4.80 Å². The summed E-state index contributed by atoms with van der Waals surface area (Å²) in [5.41, 5.74) is 2.28. The molecule has 0 spiro atoms. The molecule has 142 valence electrons. The first-order valence-corrected chi connectivity index (χ1v) is 10.3. The molecule has 2 aromatic rings. The fourth-order valence-electron chi connectivity index (χ4n) is 6.39. The van der Waals surface area contributed by atoms with Crippen LogP contribution in [0.25, 0.3) is 5.69 Å². The first kappa shape index (κ1) is 17.0. The molecule has 1 N–H and O–H groups in total. The van der Waals surface area contributed by atoms with Gasteiger partial charge in [-0.1, -0.05) is 18.2 Å². The second-order valence-electron chi connectivity index (χ2n) is 9.23. The van der Waals surface area contributed by atoms with Crippen LogP contribution in [0.4, 0.5) is 0 Å². The number of benzene rings is 1. The smallest absolute Gasteiger partial charge is 0.273 e. The molecule has 4 bridgehead atoms. The predicted octanol–water partition coefficient (Wildman–Crippen LogP) is 3.91. The molecule has 4 saturated carbocycles. The Bertz CT molecular complexity index is 821. The van der Waals surface area contributed by atoms with Gasteiger partial charge < -0.3 is 5.32 Å². The van der Waals surface area contributed by atoms with Gasteiger partial charge in [-0.05, 0) is 87.7 Å². The number of aromatic nitrogens is 3. The topological polar surface area (TPSA) is 59.8 Å².